The molecule has 1 heterocycles. The van der Waals surface area contributed by atoms with E-state index < -0.39 is 0 Å². The first-order chi connectivity index (χ1) is 9.15. The average Bonchev–Trinajstić information content (AvgIpc) is 2.35. The zero-order valence-electron chi connectivity index (χ0n) is 10.9. The zero-order valence-corrected chi connectivity index (χ0v) is 11.6. The third-order valence-electron chi connectivity index (χ3n) is 5.10. The number of hydrogen-bond donors (Lipinski definition) is 2. The molecule has 0 amide bonds. The summed E-state index contributed by atoms with van der Waals surface area (Å²) >= 11 is 6.15. The number of anilines is 1. The highest BCUT2D eigenvalue weighted by Crippen LogP contribution is 2.68. The van der Waals surface area contributed by atoms with Crippen LogP contribution >= 0.6 is 11.6 Å². The maximum Gasteiger partial charge on any atom is 0.155 e. The summed E-state index contributed by atoms with van der Waals surface area (Å²) in [6.07, 6.45) is 7.66. The summed E-state index contributed by atoms with van der Waals surface area (Å²) < 4.78 is 0. The van der Waals surface area contributed by atoms with Gasteiger partial charge in [-0.3, -0.25) is 0 Å². The Morgan fingerprint density at radius 3 is 2.47 bits per heavy atom. The molecule has 19 heavy (non-hydrogen) atoms. The molecule has 0 aliphatic heterocycles. The Balaban J connectivity index is 1.60. The minimum absolute atomic E-state index is 0.177. The van der Waals surface area contributed by atoms with Crippen LogP contribution in [0.2, 0.25) is 5.15 Å². The largest absolute Gasteiger partial charge is 0.396 e. The zero-order chi connectivity index (χ0) is 13.1. The molecule has 1 aromatic rings. The Labute approximate surface area is 117 Å². The van der Waals surface area contributed by atoms with Gasteiger partial charge in [-0.15, -0.1) is 10.2 Å². The number of fused-ring (bicyclic) bond motifs is 1. The minimum atomic E-state index is 0.177. The van der Waals surface area contributed by atoms with Gasteiger partial charge in [-0.25, -0.2) is 0 Å². The second kappa shape index (κ2) is 3.83. The van der Waals surface area contributed by atoms with Gasteiger partial charge in [0, 0.05) is 23.1 Å². The molecular formula is C14H18ClN3O. The molecule has 0 unspecified atom stereocenters. The second-order valence-corrected chi connectivity index (χ2v) is 6.96. The molecule has 2 bridgehead atoms. The number of nitrogens with one attached hydrogen (secondary N) is 1. The molecule has 2 N–H and O–H groups in total. The van der Waals surface area contributed by atoms with Crippen LogP contribution in [0.3, 0.4) is 0 Å². The van der Waals surface area contributed by atoms with Crippen molar-refractivity contribution >= 4 is 17.4 Å². The average molecular weight is 280 g/mol. The summed E-state index contributed by atoms with van der Waals surface area (Å²) in [6, 6.07) is 0. The van der Waals surface area contributed by atoms with Crippen molar-refractivity contribution in [2.45, 2.75) is 50.5 Å². The molecule has 0 radical (unpaired) electrons. The minimum Gasteiger partial charge on any atom is -0.396 e. The lowest BCUT2D eigenvalue weighted by atomic mass is 9.39. The van der Waals surface area contributed by atoms with Crippen LogP contribution < -0.4 is 5.32 Å². The summed E-state index contributed by atoms with van der Waals surface area (Å²) in [5, 5.41) is 21.9. The molecule has 4 aliphatic carbocycles. The number of halogens is 1. The first-order valence-corrected chi connectivity index (χ1v) is 7.46. The Kier molecular flexibility index (Phi) is 2.40. The van der Waals surface area contributed by atoms with Crippen molar-refractivity contribution in [3.8, 4) is 0 Å². The lowest BCUT2D eigenvalue weighted by molar-refractivity contribution is -0.146. The van der Waals surface area contributed by atoms with E-state index in [0.717, 1.165) is 37.9 Å². The third-order valence-corrected chi connectivity index (χ3v) is 5.40. The van der Waals surface area contributed by atoms with Gasteiger partial charge in [0.2, 0.25) is 0 Å². The number of aliphatic hydroxyl groups excluding tert-OH is 1. The fraction of sp³-hybridized carbons (Fsp3) is 0.714. The second-order valence-electron chi connectivity index (χ2n) is 6.60. The Morgan fingerprint density at radius 2 is 1.79 bits per heavy atom. The van der Waals surface area contributed by atoms with Crippen LogP contribution in [-0.2, 0) is 12.8 Å². The van der Waals surface area contributed by atoms with Crippen LogP contribution in [0.4, 0.5) is 5.82 Å². The number of hydrogen-bond acceptors (Lipinski definition) is 4. The van der Waals surface area contributed by atoms with E-state index in [1.54, 1.807) is 0 Å². The van der Waals surface area contributed by atoms with Gasteiger partial charge in [-0.2, -0.15) is 0 Å². The van der Waals surface area contributed by atoms with Crippen molar-refractivity contribution < 1.29 is 5.11 Å². The molecule has 102 valence electrons. The van der Waals surface area contributed by atoms with Crippen LogP contribution in [0.15, 0.2) is 0 Å². The van der Waals surface area contributed by atoms with E-state index in [-0.39, 0.29) is 11.0 Å². The van der Waals surface area contributed by atoms with Crippen LogP contribution in [0.25, 0.3) is 0 Å². The smallest absolute Gasteiger partial charge is 0.155 e. The van der Waals surface area contributed by atoms with Crippen LogP contribution in [-0.4, -0.2) is 27.4 Å². The highest BCUT2D eigenvalue weighted by molar-refractivity contribution is 6.30. The molecule has 0 saturated heterocycles. The Hall–Kier alpha value is -0.870. The Bertz CT molecular complexity index is 526. The van der Waals surface area contributed by atoms with Crippen molar-refractivity contribution in [2.75, 3.05) is 11.9 Å². The molecule has 5 heteroatoms. The summed E-state index contributed by atoms with van der Waals surface area (Å²) in [5.41, 5.74) is 2.85. The first-order valence-electron chi connectivity index (χ1n) is 7.08. The quantitative estimate of drug-likeness (QED) is 0.892. The summed E-state index contributed by atoms with van der Waals surface area (Å²) in [6.45, 7) is 0.320. The SMILES string of the molecule is OCC12CC(Nc3nnc(Cl)c4c3CCCC4)(C1)C2. The van der Waals surface area contributed by atoms with Gasteiger partial charge in [-0.1, -0.05) is 11.6 Å². The maximum absolute atomic E-state index is 9.32. The van der Waals surface area contributed by atoms with Gasteiger partial charge < -0.3 is 10.4 Å². The van der Waals surface area contributed by atoms with E-state index in [1.807, 2.05) is 0 Å². The standard InChI is InChI=1S/C14H18ClN3O/c15-11-9-3-1-2-4-10(9)12(18-17-11)16-14-5-13(6-14,7-14)8-19/h19H,1-8H2,(H,16,18). The topological polar surface area (TPSA) is 58.0 Å². The predicted octanol–water partition coefficient (Wildman–Crippen LogP) is 2.34. The van der Waals surface area contributed by atoms with E-state index in [9.17, 15) is 5.11 Å². The Morgan fingerprint density at radius 1 is 1.11 bits per heavy atom. The van der Waals surface area contributed by atoms with Crippen molar-refractivity contribution in [2.24, 2.45) is 5.41 Å². The highest BCUT2D eigenvalue weighted by atomic mass is 35.5. The van der Waals surface area contributed by atoms with Gasteiger partial charge in [0.05, 0.1) is 0 Å². The van der Waals surface area contributed by atoms with Crippen molar-refractivity contribution in [1.29, 1.82) is 0 Å². The molecule has 3 saturated carbocycles. The van der Waals surface area contributed by atoms with E-state index >= 15 is 0 Å². The van der Waals surface area contributed by atoms with Crippen molar-refractivity contribution in [1.82, 2.24) is 10.2 Å². The van der Waals surface area contributed by atoms with Gasteiger partial charge in [0.1, 0.15) is 0 Å². The fourth-order valence-corrected chi connectivity index (χ4v) is 4.51. The first kappa shape index (κ1) is 11.9. The van der Waals surface area contributed by atoms with E-state index in [1.165, 1.54) is 24.0 Å². The molecular weight excluding hydrogens is 262 g/mol. The predicted molar refractivity (Wildman–Crippen MR) is 73.4 cm³/mol. The van der Waals surface area contributed by atoms with Gasteiger partial charge in [-0.05, 0) is 50.5 Å². The van der Waals surface area contributed by atoms with Gasteiger partial charge in [0.25, 0.3) is 0 Å². The monoisotopic (exact) mass is 279 g/mol. The van der Waals surface area contributed by atoms with Gasteiger partial charge >= 0.3 is 0 Å². The van der Waals surface area contributed by atoms with Crippen molar-refractivity contribution in [3.05, 3.63) is 16.3 Å². The van der Waals surface area contributed by atoms with Crippen LogP contribution in [0.5, 0.6) is 0 Å². The van der Waals surface area contributed by atoms with E-state index in [0.29, 0.717) is 11.8 Å². The normalized spacial score (nSPS) is 35.1. The maximum atomic E-state index is 9.32. The lowest BCUT2D eigenvalue weighted by Crippen LogP contribution is -2.72. The summed E-state index contributed by atoms with van der Waals surface area (Å²) in [4.78, 5) is 0. The fourth-order valence-electron chi connectivity index (χ4n) is 4.26. The lowest BCUT2D eigenvalue weighted by Gasteiger charge is -2.70. The summed E-state index contributed by atoms with van der Waals surface area (Å²) in [7, 11) is 0. The third kappa shape index (κ3) is 1.62. The molecule has 0 atom stereocenters. The van der Waals surface area contributed by atoms with Crippen LogP contribution in [0.1, 0.15) is 43.2 Å². The summed E-state index contributed by atoms with van der Waals surface area (Å²) in [5.74, 6) is 0.935. The molecule has 4 nitrogen and oxygen atoms in total. The van der Waals surface area contributed by atoms with Crippen molar-refractivity contribution in [3.63, 3.8) is 0 Å². The van der Waals surface area contributed by atoms with Crippen LogP contribution in [0, 0.1) is 5.41 Å². The highest BCUT2D eigenvalue weighted by Gasteiger charge is 2.67. The number of rotatable bonds is 3. The molecule has 4 aliphatic rings. The molecule has 0 spiro atoms. The van der Waals surface area contributed by atoms with Gasteiger partial charge in [0.15, 0.2) is 11.0 Å². The molecule has 5 rings (SSSR count). The van der Waals surface area contributed by atoms with E-state index in [4.69, 9.17) is 11.6 Å². The molecule has 1 aromatic heterocycles. The molecule has 0 aromatic carbocycles. The molecule has 3 fully saturated rings. The number of aromatic nitrogens is 2. The number of nitrogens with zero attached hydrogens (tertiary/aromatic N) is 2. The number of aliphatic hydroxyl groups is 1. The van der Waals surface area contributed by atoms with E-state index in [2.05, 4.69) is 15.5 Å².